The summed E-state index contributed by atoms with van der Waals surface area (Å²) in [6.45, 7) is 1.97. The van der Waals surface area contributed by atoms with E-state index in [9.17, 15) is 14.7 Å². The molecule has 1 amide bonds. The van der Waals surface area contributed by atoms with Crippen LogP contribution in [0.5, 0.6) is 0 Å². The van der Waals surface area contributed by atoms with Crippen LogP contribution in [0.3, 0.4) is 0 Å². The molecule has 27 heavy (non-hydrogen) atoms. The zero-order valence-electron chi connectivity index (χ0n) is 14.5. The number of benzene rings is 2. The van der Waals surface area contributed by atoms with Crippen molar-refractivity contribution >= 4 is 40.5 Å². The second kappa shape index (κ2) is 6.83. The molecular weight excluding hydrogens is 382 g/mol. The van der Waals surface area contributed by atoms with E-state index < -0.39 is 5.97 Å². The van der Waals surface area contributed by atoms with E-state index in [1.807, 2.05) is 49.4 Å². The lowest BCUT2D eigenvalue weighted by atomic mass is 9.88. The minimum absolute atomic E-state index is 0.129. The third kappa shape index (κ3) is 3.24. The summed E-state index contributed by atoms with van der Waals surface area (Å²) < 4.78 is 0. The van der Waals surface area contributed by atoms with Crippen LogP contribution in [-0.2, 0) is 4.79 Å². The van der Waals surface area contributed by atoms with E-state index in [2.05, 4.69) is 5.32 Å². The molecule has 0 fully saturated rings. The van der Waals surface area contributed by atoms with Crippen molar-refractivity contribution in [3.8, 4) is 11.1 Å². The highest BCUT2D eigenvalue weighted by molar-refractivity contribution is 7.15. The summed E-state index contributed by atoms with van der Waals surface area (Å²) in [6.07, 6.45) is 0.264. The maximum absolute atomic E-state index is 12.4. The molecule has 0 spiro atoms. The molecule has 1 atom stereocenters. The number of carbonyl (C=O) groups is 2. The predicted octanol–water partition coefficient (Wildman–Crippen LogP) is 5.55. The number of fused-ring (bicyclic) bond motifs is 1. The predicted molar refractivity (Wildman–Crippen MR) is 108 cm³/mol. The summed E-state index contributed by atoms with van der Waals surface area (Å²) in [4.78, 5) is 25.4. The van der Waals surface area contributed by atoms with Crippen LogP contribution in [0.2, 0.25) is 5.02 Å². The van der Waals surface area contributed by atoms with E-state index in [0.29, 0.717) is 16.3 Å². The van der Waals surface area contributed by atoms with Crippen LogP contribution in [0.4, 0.5) is 5.69 Å². The lowest BCUT2D eigenvalue weighted by molar-refractivity contribution is -0.116. The molecule has 1 aliphatic rings. The Hall–Kier alpha value is -2.63. The van der Waals surface area contributed by atoms with Crippen LogP contribution in [0.15, 0.2) is 48.5 Å². The number of carbonyl (C=O) groups excluding carboxylic acids is 1. The molecule has 1 aromatic heterocycles. The van der Waals surface area contributed by atoms with Crippen LogP contribution in [-0.4, -0.2) is 17.0 Å². The first-order chi connectivity index (χ1) is 12.9. The molecular formula is C21H16ClNO3S. The lowest BCUT2D eigenvalue weighted by Gasteiger charge is -2.24. The average molecular weight is 398 g/mol. The third-order valence-corrected chi connectivity index (χ3v) is 6.22. The topological polar surface area (TPSA) is 66.4 Å². The van der Waals surface area contributed by atoms with E-state index in [4.69, 9.17) is 11.6 Å². The van der Waals surface area contributed by atoms with Crippen LogP contribution in [0.25, 0.3) is 11.1 Å². The highest BCUT2D eigenvalue weighted by Gasteiger charge is 2.34. The minimum Gasteiger partial charge on any atom is -0.477 e. The SMILES string of the molecule is Cc1ccc(-c2c(C(=O)O)sc3c2NC(=O)CC3c2cccc(Cl)c2)cc1. The smallest absolute Gasteiger partial charge is 0.346 e. The first-order valence-electron chi connectivity index (χ1n) is 8.46. The number of thiophene rings is 1. The van der Waals surface area contributed by atoms with Crippen LogP contribution < -0.4 is 5.32 Å². The van der Waals surface area contributed by atoms with E-state index >= 15 is 0 Å². The zero-order chi connectivity index (χ0) is 19.1. The van der Waals surface area contributed by atoms with Crippen molar-refractivity contribution in [3.63, 3.8) is 0 Å². The summed E-state index contributed by atoms with van der Waals surface area (Å²) in [7, 11) is 0. The molecule has 2 heterocycles. The molecule has 4 nitrogen and oxygen atoms in total. The van der Waals surface area contributed by atoms with Gasteiger partial charge in [0, 0.05) is 27.8 Å². The quantitative estimate of drug-likeness (QED) is 0.608. The van der Waals surface area contributed by atoms with Gasteiger partial charge in [0.1, 0.15) is 4.88 Å². The van der Waals surface area contributed by atoms with Gasteiger partial charge in [-0.3, -0.25) is 4.79 Å². The van der Waals surface area contributed by atoms with Crippen LogP contribution >= 0.6 is 22.9 Å². The molecule has 0 saturated heterocycles. The van der Waals surface area contributed by atoms with Crippen molar-refractivity contribution in [2.45, 2.75) is 19.3 Å². The Bertz CT molecular complexity index is 1060. The number of carboxylic acids is 1. The standard InChI is InChI=1S/C21H16ClNO3S/c1-11-5-7-12(8-6-11)17-18-19(27-20(17)21(25)26)15(10-16(24)23-18)13-3-2-4-14(22)9-13/h2-9,15H,10H2,1H3,(H,23,24)(H,25,26). The monoisotopic (exact) mass is 397 g/mol. The molecule has 0 radical (unpaired) electrons. The number of nitrogens with one attached hydrogen (secondary N) is 1. The van der Waals surface area contributed by atoms with E-state index in [1.54, 1.807) is 6.07 Å². The highest BCUT2D eigenvalue weighted by Crippen LogP contribution is 2.49. The number of anilines is 1. The van der Waals surface area contributed by atoms with Gasteiger partial charge in [0.15, 0.2) is 0 Å². The number of aryl methyl sites for hydroxylation is 1. The number of hydrogen-bond acceptors (Lipinski definition) is 3. The van der Waals surface area contributed by atoms with Crippen molar-refractivity contribution < 1.29 is 14.7 Å². The Morgan fingerprint density at radius 2 is 1.96 bits per heavy atom. The molecule has 1 unspecified atom stereocenters. The van der Waals surface area contributed by atoms with Gasteiger partial charge in [-0.2, -0.15) is 0 Å². The molecule has 2 N–H and O–H groups in total. The molecule has 136 valence electrons. The second-order valence-corrected chi connectivity index (χ2v) is 8.07. The third-order valence-electron chi connectivity index (χ3n) is 4.69. The number of halogens is 1. The Morgan fingerprint density at radius 3 is 2.63 bits per heavy atom. The Morgan fingerprint density at radius 1 is 1.22 bits per heavy atom. The number of amides is 1. The maximum Gasteiger partial charge on any atom is 0.346 e. The highest BCUT2D eigenvalue weighted by atomic mass is 35.5. The number of rotatable bonds is 3. The van der Waals surface area contributed by atoms with Gasteiger partial charge < -0.3 is 10.4 Å². The Kier molecular flexibility index (Phi) is 4.50. The van der Waals surface area contributed by atoms with Gasteiger partial charge in [-0.15, -0.1) is 11.3 Å². The molecule has 1 aliphatic heterocycles. The number of hydrogen-bond donors (Lipinski definition) is 2. The van der Waals surface area contributed by atoms with E-state index in [-0.39, 0.29) is 23.1 Å². The average Bonchev–Trinajstić information content (AvgIpc) is 3.01. The van der Waals surface area contributed by atoms with E-state index in [1.165, 1.54) is 11.3 Å². The van der Waals surface area contributed by atoms with Crippen LogP contribution in [0, 0.1) is 6.92 Å². The first kappa shape index (κ1) is 17.8. The van der Waals surface area contributed by atoms with Crippen molar-refractivity contribution in [2.24, 2.45) is 0 Å². The van der Waals surface area contributed by atoms with Crippen molar-refractivity contribution in [3.05, 3.63) is 74.4 Å². The van der Waals surface area contributed by atoms with Crippen molar-refractivity contribution in [1.29, 1.82) is 0 Å². The number of carboxylic acid groups (broad SMARTS) is 1. The summed E-state index contributed by atoms with van der Waals surface area (Å²) in [6, 6.07) is 15.0. The number of aromatic carboxylic acids is 1. The fourth-order valence-corrected chi connectivity index (χ4v) is 4.87. The van der Waals surface area contributed by atoms with Gasteiger partial charge in [-0.05, 0) is 30.2 Å². The second-order valence-electron chi connectivity index (χ2n) is 6.58. The Labute approximate surface area is 165 Å². The van der Waals surface area contributed by atoms with Gasteiger partial charge in [0.2, 0.25) is 5.91 Å². The fourth-order valence-electron chi connectivity index (χ4n) is 3.43. The molecule has 0 saturated carbocycles. The van der Waals surface area contributed by atoms with Crippen molar-refractivity contribution in [1.82, 2.24) is 0 Å². The van der Waals surface area contributed by atoms with Gasteiger partial charge in [0.05, 0.1) is 5.69 Å². The summed E-state index contributed by atoms with van der Waals surface area (Å²) >= 11 is 7.36. The largest absolute Gasteiger partial charge is 0.477 e. The van der Waals surface area contributed by atoms with Crippen molar-refractivity contribution in [2.75, 3.05) is 5.32 Å². The van der Waals surface area contributed by atoms with Gasteiger partial charge in [-0.1, -0.05) is 53.6 Å². The summed E-state index contributed by atoms with van der Waals surface area (Å²) in [5.74, 6) is -1.34. The first-order valence-corrected chi connectivity index (χ1v) is 9.66. The molecule has 0 bridgehead atoms. The molecule has 4 rings (SSSR count). The molecule has 2 aromatic carbocycles. The lowest BCUT2D eigenvalue weighted by Crippen LogP contribution is -2.22. The van der Waals surface area contributed by atoms with Gasteiger partial charge >= 0.3 is 5.97 Å². The van der Waals surface area contributed by atoms with Gasteiger partial charge in [-0.25, -0.2) is 4.79 Å². The normalized spacial score (nSPS) is 15.9. The van der Waals surface area contributed by atoms with Crippen LogP contribution in [0.1, 0.15) is 38.0 Å². The Balaban J connectivity index is 1.94. The molecule has 6 heteroatoms. The zero-order valence-corrected chi connectivity index (χ0v) is 16.0. The van der Waals surface area contributed by atoms with E-state index in [0.717, 1.165) is 21.6 Å². The van der Waals surface area contributed by atoms with Gasteiger partial charge in [0.25, 0.3) is 0 Å². The summed E-state index contributed by atoms with van der Waals surface area (Å²) in [5.41, 5.74) is 3.94. The fraction of sp³-hybridized carbons (Fsp3) is 0.143. The molecule has 3 aromatic rings. The minimum atomic E-state index is -0.996. The maximum atomic E-state index is 12.4. The summed E-state index contributed by atoms with van der Waals surface area (Å²) in [5, 5.41) is 13.3. The molecule has 0 aliphatic carbocycles.